The highest BCUT2D eigenvalue weighted by Crippen LogP contribution is 2.28. The van der Waals surface area contributed by atoms with Crippen molar-refractivity contribution in [1.29, 1.82) is 0 Å². The maximum Gasteiger partial charge on any atom is 0.337 e. The lowest BCUT2D eigenvalue weighted by atomic mass is 10.1. The summed E-state index contributed by atoms with van der Waals surface area (Å²) >= 11 is 6.08. The molecule has 4 rings (SSSR count). The molecule has 1 aliphatic heterocycles. The van der Waals surface area contributed by atoms with Crippen molar-refractivity contribution in [1.82, 2.24) is 0 Å². The van der Waals surface area contributed by atoms with Gasteiger partial charge in [-0.3, -0.25) is 4.72 Å². The normalized spacial score (nSPS) is 14.2. The maximum absolute atomic E-state index is 13.4. The average Bonchev–Trinajstić information content (AvgIpc) is 2.79. The summed E-state index contributed by atoms with van der Waals surface area (Å²) in [5.74, 6) is -1.86. The van der Waals surface area contributed by atoms with Crippen molar-refractivity contribution in [3.63, 3.8) is 0 Å². The number of rotatable bonds is 6. The van der Waals surface area contributed by atoms with Crippen LogP contribution in [0.3, 0.4) is 0 Å². The minimum atomic E-state index is -4.07. The lowest BCUT2D eigenvalue weighted by Gasteiger charge is -2.38. The van der Waals surface area contributed by atoms with Gasteiger partial charge in [0.15, 0.2) is 0 Å². The first-order chi connectivity index (χ1) is 15.7. The molecule has 0 spiro atoms. The molecular formula is C23H21ClFN3O4S. The molecule has 0 radical (unpaired) electrons. The Labute approximate surface area is 196 Å². The third-order valence-corrected chi connectivity index (χ3v) is 6.99. The van der Waals surface area contributed by atoms with Crippen LogP contribution in [0.5, 0.6) is 0 Å². The molecular weight excluding hydrogens is 469 g/mol. The van der Waals surface area contributed by atoms with Crippen molar-refractivity contribution in [3.8, 4) is 0 Å². The third-order valence-electron chi connectivity index (χ3n) is 5.38. The van der Waals surface area contributed by atoms with E-state index in [0.29, 0.717) is 36.9 Å². The third kappa shape index (κ3) is 5.20. The molecule has 0 unspecified atom stereocenters. The summed E-state index contributed by atoms with van der Waals surface area (Å²) in [6.45, 7) is 2.52. The molecule has 33 heavy (non-hydrogen) atoms. The smallest absolute Gasteiger partial charge is 0.337 e. The maximum atomic E-state index is 13.4. The molecule has 0 amide bonds. The summed E-state index contributed by atoms with van der Waals surface area (Å²) in [5, 5.41) is 10.4. The Morgan fingerprint density at radius 1 is 0.939 bits per heavy atom. The molecule has 0 atom stereocenters. The summed E-state index contributed by atoms with van der Waals surface area (Å²) in [6.07, 6.45) is 0. The quantitative estimate of drug-likeness (QED) is 0.536. The van der Waals surface area contributed by atoms with E-state index >= 15 is 0 Å². The van der Waals surface area contributed by atoms with Crippen LogP contribution in [0.2, 0.25) is 5.02 Å². The van der Waals surface area contributed by atoms with Gasteiger partial charge >= 0.3 is 5.97 Å². The number of hydrogen-bond donors (Lipinski definition) is 2. The number of sulfonamides is 1. The lowest BCUT2D eigenvalue weighted by molar-refractivity contribution is 0.0697. The van der Waals surface area contributed by atoms with Gasteiger partial charge in [-0.1, -0.05) is 23.7 Å². The number of carboxylic acids is 1. The standard InChI is InChI=1S/C23H21ClFN3O4S/c24-16-3-1-5-19(13-16)27-9-11-28(12-10-27)22-8-7-18(15-21(22)23(29)30)26-33(31,32)20-6-2-4-17(25)14-20/h1-8,13-15,26H,9-12H2,(H,29,30). The zero-order valence-electron chi connectivity index (χ0n) is 17.4. The molecule has 0 aromatic heterocycles. The van der Waals surface area contributed by atoms with Crippen LogP contribution in [0.1, 0.15) is 10.4 Å². The van der Waals surface area contributed by atoms with E-state index in [9.17, 15) is 22.7 Å². The number of piperazine rings is 1. The molecule has 1 saturated heterocycles. The van der Waals surface area contributed by atoms with Crippen molar-refractivity contribution in [2.24, 2.45) is 0 Å². The fraction of sp³-hybridized carbons (Fsp3) is 0.174. The molecule has 0 bridgehead atoms. The molecule has 2 N–H and O–H groups in total. The van der Waals surface area contributed by atoms with Gasteiger partial charge in [0.25, 0.3) is 10.0 Å². The molecule has 1 aliphatic rings. The number of anilines is 3. The summed E-state index contributed by atoms with van der Waals surface area (Å²) in [7, 11) is -4.07. The van der Waals surface area contributed by atoms with Gasteiger partial charge in [-0.05, 0) is 54.6 Å². The van der Waals surface area contributed by atoms with Crippen molar-refractivity contribution in [3.05, 3.63) is 83.1 Å². The van der Waals surface area contributed by atoms with E-state index in [1.165, 1.54) is 24.3 Å². The predicted molar refractivity (Wildman–Crippen MR) is 126 cm³/mol. The van der Waals surface area contributed by atoms with Crippen LogP contribution < -0.4 is 14.5 Å². The molecule has 10 heteroatoms. The monoisotopic (exact) mass is 489 g/mol. The first-order valence-electron chi connectivity index (χ1n) is 10.1. The SMILES string of the molecule is O=C(O)c1cc(NS(=O)(=O)c2cccc(F)c2)ccc1N1CCN(c2cccc(Cl)c2)CC1. The minimum absolute atomic E-state index is 0.0225. The van der Waals surface area contributed by atoms with Gasteiger partial charge in [0.2, 0.25) is 0 Å². The number of benzene rings is 3. The Hall–Kier alpha value is -3.30. The van der Waals surface area contributed by atoms with Gasteiger partial charge in [-0.15, -0.1) is 0 Å². The van der Waals surface area contributed by atoms with Gasteiger partial charge in [0.1, 0.15) is 5.82 Å². The zero-order chi connectivity index (χ0) is 23.6. The number of carboxylic acid groups (broad SMARTS) is 1. The highest BCUT2D eigenvalue weighted by atomic mass is 35.5. The second-order valence-electron chi connectivity index (χ2n) is 7.55. The van der Waals surface area contributed by atoms with Crippen LogP contribution in [-0.2, 0) is 10.0 Å². The minimum Gasteiger partial charge on any atom is -0.478 e. The van der Waals surface area contributed by atoms with Gasteiger partial charge < -0.3 is 14.9 Å². The van der Waals surface area contributed by atoms with Gasteiger partial charge in [0, 0.05) is 42.6 Å². The lowest BCUT2D eigenvalue weighted by Crippen LogP contribution is -2.47. The largest absolute Gasteiger partial charge is 0.478 e. The van der Waals surface area contributed by atoms with E-state index < -0.39 is 21.8 Å². The van der Waals surface area contributed by atoms with Gasteiger partial charge in [0.05, 0.1) is 16.1 Å². The van der Waals surface area contributed by atoms with E-state index in [2.05, 4.69) is 9.62 Å². The summed E-state index contributed by atoms with van der Waals surface area (Å²) < 4.78 is 40.9. The van der Waals surface area contributed by atoms with E-state index in [1.807, 2.05) is 29.2 Å². The fourth-order valence-electron chi connectivity index (χ4n) is 3.77. The number of halogens is 2. The van der Waals surface area contributed by atoms with Crippen LogP contribution in [0.15, 0.2) is 71.6 Å². The number of aromatic carboxylic acids is 1. The van der Waals surface area contributed by atoms with Crippen LogP contribution in [0, 0.1) is 5.82 Å². The molecule has 1 fully saturated rings. The number of nitrogens with one attached hydrogen (secondary N) is 1. The molecule has 0 saturated carbocycles. The molecule has 7 nitrogen and oxygen atoms in total. The van der Waals surface area contributed by atoms with Gasteiger partial charge in [-0.2, -0.15) is 0 Å². The first-order valence-corrected chi connectivity index (χ1v) is 12.0. The Morgan fingerprint density at radius 2 is 1.64 bits per heavy atom. The number of nitrogens with zero attached hydrogens (tertiary/aromatic N) is 2. The fourth-order valence-corrected chi connectivity index (χ4v) is 5.04. The highest BCUT2D eigenvalue weighted by Gasteiger charge is 2.23. The zero-order valence-corrected chi connectivity index (χ0v) is 19.0. The summed E-state index contributed by atoms with van der Waals surface area (Å²) in [4.78, 5) is 15.8. The van der Waals surface area contributed by atoms with Crippen molar-refractivity contribution >= 4 is 44.7 Å². The van der Waals surface area contributed by atoms with E-state index in [0.717, 1.165) is 17.8 Å². The van der Waals surface area contributed by atoms with E-state index in [4.69, 9.17) is 11.6 Å². The molecule has 1 heterocycles. The van der Waals surface area contributed by atoms with Crippen molar-refractivity contribution in [2.75, 3.05) is 40.7 Å². The molecule has 0 aliphatic carbocycles. The van der Waals surface area contributed by atoms with Crippen molar-refractivity contribution < 1.29 is 22.7 Å². The average molecular weight is 490 g/mol. The van der Waals surface area contributed by atoms with Crippen LogP contribution in [-0.4, -0.2) is 45.7 Å². The number of hydrogen-bond acceptors (Lipinski definition) is 5. The topological polar surface area (TPSA) is 89.9 Å². The second kappa shape index (κ2) is 9.29. The Balaban J connectivity index is 1.53. The van der Waals surface area contributed by atoms with E-state index in [1.54, 1.807) is 6.07 Å². The molecule has 172 valence electrons. The number of carbonyl (C=O) groups is 1. The highest BCUT2D eigenvalue weighted by molar-refractivity contribution is 7.92. The molecule has 3 aromatic carbocycles. The molecule has 3 aromatic rings. The second-order valence-corrected chi connectivity index (χ2v) is 9.67. The summed E-state index contributed by atoms with van der Waals surface area (Å²) in [5.41, 5.74) is 1.56. The van der Waals surface area contributed by atoms with Crippen LogP contribution >= 0.6 is 11.6 Å². The first kappa shape index (κ1) is 22.9. The van der Waals surface area contributed by atoms with Crippen LogP contribution in [0.4, 0.5) is 21.5 Å². The predicted octanol–water partition coefficient (Wildman–Crippen LogP) is 4.30. The Bertz CT molecular complexity index is 1290. The van der Waals surface area contributed by atoms with E-state index in [-0.39, 0.29) is 16.1 Å². The Morgan fingerprint density at radius 3 is 2.30 bits per heavy atom. The summed E-state index contributed by atoms with van der Waals surface area (Å²) in [6, 6.07) is 16.5. The van der Waals surface area contributed by atoms with Crippen LogP contribution in [0.25, 0.3) is 0 Å². The van der Waals surface area contributed by atoms with Gasteiger partial charge in [-0.25, -0.2) is 17.6 Å². The Kier molecular flexibility index (Phi) is 6.44. The van der Waals surface area contributed by atoms with Crippen molar-refractivity contribution in [2.45, 2.75) is 4.90 Å².